The van der Waals surface area contributed by atoms with Gasteiger partial charge in [-0.25, -0.2) is 13.1 Å². The van der Waals surface area contributed by atoms with Gasteiger partial charge in [0.05, 0.1) is 16.8 Å². The van der Waals surface area contributed by atoms with Crippen molar-refractivity contribution in [2.24, 2.45) is 7.05 Å². The summed E-state index contributed by atoms with van der Waals surface area (Å²) in [5.74, 6) is -0.204. The molecule has 1 aromatic carbocycles. The van der Waals surface area contributed by atoms with Gasteiger partial charge in [0.25, 0.3) is 5.91 Å². The number of aromatic nitrogens is 2. The van der Waals surface area contributed by atoms with Crippen LogP contribution in [0.15, 0.2) is 47.6 Å². The summed E-state index contributed by atoms with van der Waals surface area (Å²) < 4.78 is 27.1. The lowest BCUT2D eigenvalue weighted by atomic mass is 10.2. The van der Waals surface area contributed by atoms with E-state index in [0.717, 1.165) is 5.56 Å². The Kier molecular flexibility index (Phi) is 4.97. The van der Waals surface area contributed by atoms with E-state index < -0.39 is 10.0 Å². The summed E-state index contributed by atoms with van der Waals surface area (Å²) in [4.78, 5) is 13.7. The van der Waals surface area contributed by atoms with E-state index in [1.54, 1.807) is 49.4 Å². The maximum atomic E-state index is 12.1. The van der Waals surface area contributed by atoms with Crippen LogP contribution in [0.2, 0.25) is 0 Å². The fraction of sp³-hybridized carbons (Fsp3) is 0.200. The maximum absolute atomic E-state index is 12.1. The van der Waals surface area contributed by atoms with E-state index in [1.165, 1.54) is 30.2 Å². The van der Waals surface area contributed by atoms with Crippen LogP contribution >= 0.6 is 0 Å². The number of aryl methyl sites for hydroxylation is 1. The van der Waals surface area contributed by atoms with E-state index in [-0.39, 0.29) is 10.8 Å². The minimum Gasteiger partial charge on any atom is -0.309 e. The molecule has 0 atom stereocenters. The van der Waals surface area contributed by atoms with Crippen molar-refractivity contribution in [3.05, 3.63) is 48.3 Å². The van der Waals surface area contributed by atoms with Gasteiger partial charge in [-0.2, -0.15) is 5.10 Å². The number of carbonyl (C=O) groups is 1. The first-order valence-corrected chi connectivity index (χ1v) is 8.30. The topological polar surface area (TPSA) is 84.3 Å². The third-order valence-electron chi connectivity index (χ3n) is 3.29. The molecule has 0 unspecified atom stereocenters. The molecule has 1 amide bonds. The molecule has 1 N–H and O–H groups in total. The highest BCUT2D eigenvalue weighted by atomic mass is 32.2. The molecule has 0 aliphatic heterocycles. The van der Waals surface area contributed by atoms with Crippen molar-refractivity contribution in [3.8, 4) is 0 Å². The molecule has 2 aromatic rings. The molecule has 0 bridgehead atoms. The van der Waals surface area contributed by atoms with Crippen LogP contribution in [0.25, 0.3) is 6.08 Å². The number of amides is 1. The molecular formula is C15H18N4O3S. The van der Waals surface area contributed by atoms with E-state index in [1.807, 2.05) is 0 Å². The Labute approximate surface area is 135 Å². The lowest BCUT2D eigenvalue weighted by molar-refractivity contribution is -0.113. The Balaban J connectivity index is 2.09. The quantitative estimate of drug-likeness (QED) is 0.827. The highest BCUT2D eigenvalue weighted by Crippen LogP contribution is 2.13. The molecule has 7 nitrogen and oxygen atoms in total. The van der Waals surface area contributed by atoms with Crippen LogP contribution in [-0.4, -0.2) is 38.2 Å². The molecule has 0 saturated heterocycles. The number of sulfonamides is 1. The van der Waals surface area contributed by atoms with Gasteiger partial charge in [0.2, 0.25) is 10.0 Å². The van der Waals surface area contributed by atoms with Gasteiger partial charge in [0.1, 0.15) is 0 Å². The monoisotopic (exact) mass is 334 g/mol. The standard InChI is InChI=1S/C15H18N4O3S/c1-16-23(21,22)14-7-4-12(5-8-14)6-9-15(20)19(3)13-10-17-18(2)11-13/h4-11,16H,1-3H3/b9-6+. The zero-order valence-electron chi connectivity index (χ0n) is 13.1. The number of nitrogens with zero attached hydrogens (tertiary/aromatic N) is 3. The molecular weight excluding hydrogens is 316 g/mol. The van der Waals surface area contributed by atoms with E-state index >= 15 is 0 Å². The van der Waals surface area contributed by atoms with E-state index in [0.29, 0.717) is 5.69 Å². The third-order valence-corrected chi connectivity index (χ3v) is 4.72. The van der Waals surface area contributed by atoms with Gasteiger partial charge in [-0.15, -0.1) is 0 Å². The summed E-state index contributed by atoms with van der Waals surface area (Å²) >= 11 is 0. The van der Waals surface area contributed by atoms with Crippen LogP contribution in [0.1, 0.15) is 5.56 Å². The zero-order valence-corrected chi connectivity index (χ0v) is 13.9. The number of anilines is 1. The normalized spacial score (nSPS) is 11.8. The number of carbonyl (C=O) groups excluding carboxylic acids is 1. The number of rotatable bonds is 5. The molecule has 2 rings (SSSR count). The summed E-state index contributed by atoms with van der Waals surface area (Å²) in [6.45, 7) is 0. The van der Waals surface area contributed by atoms with Crippen molar-refractivity contribution < 1.29 is 13.2 Å². The summed E-state index contributed by atoms with van der Waals surface area (Å²) in [5.41, 5.74) is 1.42. The van der Waals surface area contributed by atoms with Crippen LogP contribution in [0.3, 0.4) is 0 Å². The predicted octanol–water partition coefficient (Wildman–Crippen LogP) is 1.00. The van der Waals surface area contributed by atoms with Gasteiger partial charge in [0.15, 0.2) is 0 Å². The molecule has 0 aliphatic rings. The molecule has 1 aromatic heterocycles. The van der Waals surface area contributed by atoms with Crippen LogP contribution < -0.4 is 9.62 Å². The molecule has 0 fully saturated rings. The van der Waals surface area contributed by atoms with Crippen LogP contribution in [0.4, 0.5) is 5.69 Å². The Morgan fingerprint density at radius 1 is 1.30 bits per heavy atom. The zero-order chi connectivity index (χ0) is 17.0. The molecule has 0 radical (unpaired) electrons. The highest BCUT2D eigenvalue weighted by molar-refractivity contribution is 7.89. The average Bonchev–Trinajstić information content (AvgIpc) is 2.98. The van der Waals surface area contributed by atoms with Gasteiger partial charge in [-0.05, 0) is 30.8 Å². The second kappa shape index (κ2) is 6.76. The summed E-state index contributed by atoms with van der Waals surface area (Å²) in [5, 5.41) is 4.02. The number of nitrogens with one attached hydrogen (secondary N) is 1. The lowest BCUT2D eigenvalue weighted by Gasteiger charge is -2.11. The van der Waals surface area contributed by atoms with Crippen molar-refractivity contribution in [3.63, 3.8) is 0 Å². The van der Waals surface area contributed by atoms with Crippen molar-refractivity contribution in [2.75, 3.05) is 19.0 Å². The van der Waals surface area contributed by atoms with Crippen LogP contribution in [-0.2, 0) is 21.9 Å². The van der Waals surface area contributed by atoms with Crippen molar-refractivity contribution in [1.29, 1.82) is 0 Å². The van der Waals surface area contributed by atoms with E-state index in [9.17, 15) is 13.2 Å². The first-order chi connectivity index (χ1) is 10.8. The van der Waals surface area contributed by atoms with Crippen molar-refractivity contribution in [2.45, 2.75) is 4.90 Å². The van der Waals surface area contributed by atoms with Gasteiger partial charge in [-0.3, -0.25) is 9.48 Å². The van der Waals surface area contributed by atoms with Crippen LogP contribution in [0, 0.1) is 0 Å². The molecule has 0 spiro atoms. The molecule has 1 heterocycles. The summed E-state index contributed by atoms with van der Waals surface area (Å²) in [6, 6.07) is 6.25. The van der Waals surface area contributed by atoms with Gasteiger partial charge in [-0.1, -0.05) is 12.1 Å². The second-order valence-electron chi connectivity index (χ2n) is 4.88. The molecule has 0 saturated carbocycles. The Morgan fingerprint density at radius 3 is 2.48 bits per heavy atom. The van der Waals surface area contributed by atoms with E-state index in [4.69, 9.17) is 0 Å². The Bertz CT molecular complexity index is 823. The number of likely N-dealkylation sites (N-methyl/N-ethyl adjacent to an activating group) is 1. The van der Waals surface area contributed by atoms with Crippen molar-refractivity contribution >= 4 is 27.7 Å². The largest absolute Gasteiger partial charge is 0.309 e. The van der Waals surface area contributed by atoms with E-state index in [2.05, 4.69) is 9.82 Å². The fourth-order valence-electron chi connectivity index (χ4n) is 1.86. The second-order valence-corrected chi connectivity index (χ2v) is 6.77. The summed E-state index contributed by atoms with van der Waals surface area (Å²) in [7, 11) is 1.34. The lowest BCUT2D eigenvalue weighted by Crippen LogP contribution is -2.23. The SMILES string of the molecule is CNS(=O)(=O)c1ccc(/C=C/C(=O)N(C)c2cnn(C)c2)cc1. The Hall–Kier alpha value is -2.45. The minimum absolute atomic E-state index is 0.177. The molecule has 122 valence electrons. The fourth-order valence-corrected chi connectivity index (χ4v) is 2.59. The van der Waals surface area contributed by atoms with Crippen LogP contribution in [0.5, 0.6) is 0 Å². The van der Waals surface area contributed by atoms with Gasteiger partial charge in [0, 0.05) is 26.4 Å². The number of hydrogen-bond donors (Lipinski definition) is 1. The average molecular weight is 334 g/mol. The molecule has 8 heteroatoms. The van der Waals surface area contributed by atoms with Crippen molar-refractivity contribution in [1.82, 2.24) is 14.5 Å². The highest BCUT2D eigenvalue weighted by Gasteiger charge is 2.11. The number of hydrogen-bond acceptors (Lipinski definition) is 4. The van der Waals surface area contributed by atoms with Gasteiger partial charge < -0.3 is 4.90 Å². The Morgan fingerprint density at radius 2 is 1.96 bits per heavy atom. The van der Waals surface area contributed by atoms with Gasteiger partial charge >= 0.3 is 0 Å². The predicted molar refractivity (Wildman–Crippen MR) is 88.3 cm³/mol. The smallest absolute Gasteiger partial charge is 0.250 e. The first kappa shape index (κ1) is 16.9. The minimum atomic E-state index is -3.45. The molecule has 0 aliphatic carbocycles. The maximum Gasteiger partial charge on any atom is 0.250 e. The summed E-state index contributed by atoms with van der Waals surface area (Å²) in [6.07, 6.45) is 6.39. The number of benzene rings is 1. The molecule has 23 heavy (non-hydrogen) atoms. The third kappa shape index (κ3) is 4.05. The first-order valence-electron chi connectivity index (χ1n) is 6.81.